The van der Waals surface area contributed by atoms with Gasteiger partial charge in [0.1, 0.15) is 6.54 Å². The molecule has 0 aliphatic carbocycles. The van der Waals surface area contributed by atoms with Crippen molar-refractivity contribution in [3.8, 4) is 11.1 Å². The minimum absolute atomic E-state index is 0.0884. The fourth-order valence-electron chi connectivity index (χ4n) is 3.14. The number of amidine groups is 1. The minimum atomic E-state index is 0.0884. The molecular formula is C21H24N2O. The number of hydrogen-bond acceptors (Lipinski definition) is 2. The van der Waals surface area contributed by atoms with Crippen LogP contribution in [-0.4, -0.2) is 36.2 Å². The van der Waals surface area contributed by atoms with E-state index in [2.05, 4.69) is 28.9 Å². The quantitative estimate of drug-likeness (QED) is 0.737. The molecule has 3 nitrogen and oxygen atoms in total. The van der Waals surface area contributed by atoms with Crippen LogP contribution in [0.25, 0.3) is 11.1 Å². The van der Waals surface area contributed by atoms with Gasteiger partial charge in [-0.15, -0.1) is 0 Å². The van der Waals surface area contributed by atoms with Gasteiger partial charge in [-0.1, -0.05) is 61.5 Å². The Kier molecular flexibility index (Phi) is 5.42. The average molecular weight is 320 g/mol. The highest BCUT2D eigenvalue weighted by Gasteiger charge is 2.17. The molecular weight excluding hydrogens is 296 g/mol. The van der Waals surface area contributed by atoms with E-state index in [4.69, 9.17) is 0 Å². The van der Waals surface area contributed by atoms with Crippen molar-refractivity contribution in [2.75, 3.05) is 19.6 Å². The number of hydrogen-bond donors (Lipinski definition) is 0. The van der Waals surface area contributed by atoms with E-state index in [1.165, 1.54) is 0 Å². The van der Waals surface area contributed by atoms with Crippen LogP contribution in [0.4, 0.5) is 0 Å². The third-order valence-corrected chi connectivity index (χ3v) is 4.41. The van der Waals surface area contributed by atoms with Gasteiger partial charge in [0.2, 0.25) is 0 Å². The van der Waals surface area contributed by atoms with Crippen molar-refractivity contribution in [3.05, 3.63) is 60.2 Å². The van der Waals surface area contributed by atoms with Crippen molar-refractivity contribution in [3.63, 3.8) is 0 Å². The van der Waals surface area contributed by atoms with Gasteiger partial charge >= 0.3 is 0 Å². The van der Waals surface area contributed by atoms with Gasteiger partial charge in [-0.2, -0.15) is 0 Å². The zero-order valence-electron chi connectivity index (χ0n) is 14.2. The van der Waals surface area contributed by atoms with E-state index in [0.29, 0.717) is 0 Å². The third kappa shape index (κ3) is 3.91. The van der Waals surface area contributed by atoms with E-state index >= 15 is 0 Å². The molecule has 0 unspecified atom stereocenters. The van der Waals surface area contributed by atoms with Crippen molar-refractivity contribution in [2.45, 2.75) is 26.2 Å². The first-order valence-electron chi connectivity index (χ1n) is 8.75. The predicted octanol–water partition coefficient (Wildman–Crippen LogP) is 4.44. The lowest BCUT2D eigenvalue weighted by atomic mass is 10.0. The molecule has 3 heteroatoms. The second kappa shape index (κ2) is 7.91. The van der Waals surface area contributed by atoms with Gasteiger partial charge < -0.3 is 4.90 Å². The summed E-state index contributed by atoms with van der Waals surface area (Å²) >= 11 is 0. The van der Waals surface area contributed by atoms with Gasteiger partial charge in [0.25, 0.3) is 0 Å². The van der Waals surface area contributed by atoms with Crippen LogP contribution in [0, 0.1) is 0 Å². The number of carbonyl (C=O) groups excluding carboxylic acids is 1. The maximum atomic E-state index is 12.4. The van der Waals surface area contributed by atoms with Crippen molar-refractivity contribution < 1.29 is 4.79 Å². The summed E-state index contributed by atoms with van der Waals surface area (Å²) in [7, 11) is 0. The van der Waals surface area contributed by atoms with Crippen molar-refractivity contribution in [2.24, 2.45) is 4.99 Å². The van der Waals surface area contributed by atoms with Crippen molar-refractivity contribution >= 4 is 11.6 Å². The van der Waals surface area contributed by atoms with Gasteiger partial charge in [0.05, 0.1) is 5.84 Å². The molecule has 24 heavy (non-hydrogen) atoms. The van der Waals surface area contributed by atoms with E-state index in [-0.39, 0.29) is 12.3 Å². The van der Waals surface area contributed by atoms with Crippen LogP contribution in [0.2, 0.25) is 0 Å². The highest BCUT2D eigenvalue weighted by Crippen LogP contribution is 2.19. The topological polar surface area (TPSA) is 32.7 Å². The Morgan fingerprint density at radius 2 is 1.75 bits per heavy atom. The first kappa shape index (κ1) is 16.4. The smallest absolute Gasteiger partial charge is 0.184 e. The summed E-state index contributed by atoms with van der Waals surface area (Å²) < 4.78 is 0. The Balaban J connectivity index is 1.65. The number of ketones is 1. The van der Waals surface area contributed by atoms with E-state index in [1.54, 1.807) is 0 Å². The predicted molar refractivity (Wildman–Crippen MR) is 99.6 cm³/mol. The highest BCUT2D eigenvalue weighted by atomic mass is 16.1. The van der Waals surface area contributed by atoms with E-state index in [0.717, 1.165) is 54.9 Å². The zero-order valence-corrected chi connectivity index (χ0v) is 14.2. The van der Waals surface area contributed by atoms with Gasteiger partial charge in [0.15, 0.2) is 5.78 Å². The van der Waals surface area contributed by atoms with E-state index in [1.807, 2.05) is 42.5 Å². The van der Waals surface area contributed by atoms with E-state index < -0.39 is 0 Å². The van der Waals surface area contributed by atoms with Gasteiger partial charge in [-0.25, -0.2) is 0 Å². The molecule has 2 aromatic carbocycles. The number of likely N-dealkylation sites (tertiary alicyclic amines) is 1. The van der Waals surface area contributed by atoms with E-state index in [9.17, 15) is 4.79 Å². The Morgan fingerprint density at radius 3 is 2.46 bits per heavy atom. The second-order valence-electron chi connectivity index (χ2n) is 6.19. The zero-order chi connectivity index (χ0) is 16.8. The van der Waals surface area contributed by atoms with Crippen LogP contribution < -0.4 is 0 Å². The third-order valence-electron chi connectivity index (χ3n) is 4.41. The molecule has 0 saturated carbocycles. The molecule has 1 aliphatic rings. The standard InChI is InChI=1S/C21H24N2O/c1-2-14-23-15-6-9-21(23)22-16-20(24)19-12-10-18(11-13-19)17-7-4-3-5-8-17/h3-5,7-8,10-13H,2,6,9,14-16H2,1H3/b22-21+. The maximum Gasteiger partial charge on any atom is 0.184 e. The normalized spacial score (nSPS) is 15.9. The molecule has 0 N–H and O–H groups in total. The molecule has 0 bridgehead atoms. The van der Waals surface area contributed by atoms with Crippen LogP contribution in [0.15, 0.2) is 59.6 Å². The summed E-state index contributed by atoms with van der Waals surface area (Å²) in [6.07, 6.45) is 3.27. The molecule has 3 rings (SSSR count). The number of benzene rings is 2. The first-order chi connectivity index (χ1) is 11.8. The molecule has 0 spiro atoms. The Labute approximate surface area is 144 Å². The number of rotatable bonds is 6. The minimum Gasteiger partial charge on any atom is -0.360 e. The lowest BCUT2D eigenvalue weighted by molar-refractivity contribution is 0.100. The number of nitrogens with zero attached hydrogens (tertiary/aromatic N) is 2. The van der Waals surface area contributed by atoms with Gasteiger partial charge in [0, 0.05) is 25.1 Å². The summed E-state index contributed by atoms with van der Waals surface area (Å²) in [6, 6.07) is 18.0. The Hall–Kier alpha value is -2.42. The Morgan fingerprint density at radius 1 is 1.04 bits per heavy atom. The highest BCUT2D eigenvalue weighted by molar-refractivity contribution is 5.99. The van der Waals surface area contributed by atoms with Gasteiger partial charge in [-0.05, 0) is 24.0 Å². The number of aliphatic imine (C=N–C) groups is 1. The SMILES string of the molecule is CCCN1CCC/C1=N\CC(=O)c1ccc(-c2ccccc2)cc1. The summed E-state index contributed by atoms with van der Waals surface area (Å²) in [6.45, 7) is 4.54. The monoisotopic (exact) mass is 320 g/mol. The molecule has 0 radical (unpaired) electrons. The molecule has 1 aliphatic heterocycles. The summed E-state index contributed by atoms with van der Waals surface area (Å²) in [5.41, 5.74) is 3.03. The van der Waals surface area contributed by atoms with Crippen LogP contribution in [0.1, 0.15) is 36.5 Å². The molecule has 0 amide bonds. The second-order valence-corrected chi connectivity index (χ2v) is 6.19. The molecule has 124 valence electrons. The molecule has 1 saturated heterocycles. The summed E-state index contributed by atoms with van der Waals surface area (Å²) in [4.78, 5) is 19.3. The molecule has 0 aromatic heterocycles. The lowest BCUT2D eigenvalue weighted by Gasteiger charge is -2.17. The summed E-state index contributed by atoms with van der Waals surface area (Å²) in [5, 5.41) is 0. The largest absolute Gasteiger partial charge is 0.360 e. The van der Waals surface area contributed by atoms with Crippen LogP contribution in [0.3, 0.4) is 0 Å². The number of carbonyl (C=O) groups is 1. The molecule has 2 aromatic rings. The van der Waals surface area contributed by atoms with Crippen molar-refractivity contribution in [1.82, 2.24) is 4.90 Å². The van der Waals surface area contributed by atoms with Crippen LogP contribution in [-0.2, 0) is 0 Å². The lowest BCUT2D eigenvalue weighted by Crippen LogP contribution is -2.26. The fraction of sp³-hybridized carbons (Fsp3) is 0.333. The molecule has 1 heterocycles. The van der Waals surface area contributed by atoms with Gasteiger partial charge in [-0.3, -0.25) is 9.79 Å². The molecule has 1 fully saturated rings. The molecule has 0 atom stereocenters. The fourth-order valence-corrected chi connectivity index (χ4v) is 3.14. The maximum absolute atomic E-state index is 12.4. The van der Waals surface area contributed by atoms with Crippen molar-refractivity contribution in [1.29, 1.82) is 0 Å². The average Bonchev–Trinajstić information content (AvgIpc) is 3.08. The first-order valence-corrected chi connectivity index (χ1v) is 8.75. The number of Topliss-reactive ketones (excluding diaryl/α,β-unsaturated/α-hetero) is 1. The summed E-state index contributed by atoms with van der Waals surface area (Å²) in [5.74, 6) is 1.19. The van der Waals surface area contributed by atoms with Crippen LogP contribution >= 0.6 is 0 Å². The Bertz CT molecular complexity index is 704. The van der Waals surface area contributed by atoms with Crippen LogP contribution in [0.5, 0.6) is 0 Å².